The zero-order valence-electron chi connectivity index (χ0n) is 21.8. The molecule has 4 rings (SSSR count). The molecule has 13 heteroatoms. The number of aromatic nitrogens is 3. The first-order chi connectivity index (χ1) is 19.2. The van der Waals surface area contributed by atoms with E-state index in [0.717, 1.165) is 18.4 Å². The van der Waals surface area contributed by atoms with Gasteiger partial charge in [0.1, 0.15) is 0 Å². The first kappa shape index (κ1) is 28.3. The minimum atomic E-state index is -1.09. The molecule has 40 heavy (non-hydrogen) atoms. The maximum Gasteiger partial charge on any atom is 0.323 e. The molecule has 1 saturated carbocycles. The molecule has 6 N–H and O–H groups in total. The molecule has 3 amide bonds. The van der Waals surface area contributed by atoms with Crippen LogP contribution in [0.5, 0.6) is 6.01 Å². The molecule has 0 radical (unpaired) electrons. The maximum absolute atomic E-state index is 12.5. The molecule has 3 aromatic rings. The lowest BCUT2D eigenvalue weighted by Crippen LogP contribution is -2.38. The average Bonchev–Trinajstić information content (AvgIpc) is 3.71. The number of nitrogens with two attached hydrogens (primary N) is 1. The Bertz CT molecular complexity index is 1410. The van der Waals surface area contributed by atoms with Crippen LogP contribution in [-0.2, 0) is 15.1 Å². The highest BCUT2D eigenvalue weighted by Crippen LogP contribution is 2.48. The van der Waals surface area contributed by atoms with Crippen molar-refractivity contribution in [1.82, 2.24) is 25.6 Å². The van der Waals surface area contributed by atoms with E-state index in [9.17, 15) is 14.4 Å². The summed E-state index contributed by atoms with van der Waals surface area (Å²) in [5.74, 6) is -1.69. The Kier molecular flexibility index (Phi) is 8.80. The van der Waals surface area contributed by atoms with E-state index in [-0.39, 0.29) is 36.5 Å². The molecule has 1 heterocycles. The lowest BCUT2D eigenvalue weighted by molar-refractivity contribution is -0.137. The number of nitrogens with zero attached hydrogens (tertiary/aromatic N) is 3. The summed E-state index contributed by atoms with van der Waals surface area (Å²) >= 11 is 6.05. The number of anilines is 3. The van der Waals surface area contributed by atoms with Crippen LogP contribution in [0.15, 0.2) is 60.7 Å². The van der Waals surface area contributed by atoms with Crippen LogP contribution >= 0.6 is 11.6 Å². The van der Waals surface area contributed by atoms with Gasteiger partial charge in [-0.25, -0.2) is 0 Å². The van der Waals surface area contributed by atoms with E-state index in [1.165, 1.54) is 0 Å². The largest absolute Gasteiger partial charge is 0.464 e. The van der Waals surface area contributed by atoms with E-state index in [2.05, 4.69) is 42.8 Å². The Morgan fingerprint density at radius 2 is 1.62 bits per heavy atom. The number of hydrogen-bond donors (Lipinski definition) is 5. The molecule has 2 aromatic carbocycles. The quantitative estimate of drug-likeness (QED) is 0.164. The van der Waals surface area contributed by atoms with Gasteiger partial charge in [-0.3, -0.25) is 14.4 Å². The van der Waals surface area contributed by atoms with Crippen LogP contribution in [0.4, 0.5) is 17.6 Å². The van der Waals surface area contributed by atoms with E-state index in [0.29, 0.717) is 34.4 Å². The van der Waals surface area contributed by atoms with E-state index < -0.39 is 11.8 Å². The molecule has 208 valence electrons. The fourth-order valence-electron chi connectivity index (χ4n) is 3.75. The van der Waals surface area contributed by atoms with Crippen LogP contribution in [-0.4, -0.2) is 52.4 Å². The normalized spacial score (nSPS) is 13.1. The topological polar surface area (TPSA) is 173 Å². The number of rotatable bonds is 12. The number of carbonyl (C=O) groups excluding carboxylic acids is 3. The Balaban J connectivity index is 1.38. The average molecular weight is 565 g/mol. The van der Waals surface area contributed by atoms with Crippen LogP contribution < -0.4 is 31.7 Å². The molecule has 1 aliphatic carbocycles. The van der Waals surface area contributed by atoms with Crippen molar-refractivity contribution < 1.29 is 19.1 Å². The molecule has 0 aliphatic heterocycles. The van der Waals surface area contributed by atoms with Crippen molar-refractivity contribution in [1.29, 1.82) is 0 Å². The van der Waals surface area contributed by atoms with E-state index in [1.807, 2.05) is 31.2 Å². The monoisotopic (exact) mass is 564 g/mol. The first-order valence-electron chi connectivity index (χ1n) is 12.5. The summed E-state index contributed by atoms with van der Waals surface area (Å²) in [7, 11) is 0. The van der Waals surface area contributed by atoms with Gasteiger partial charge in [0.05, 0.1) is 12.1 Å². The molecule has 0 unspecified atom stereocenters. The molecular formula is C27H29ClN8O4. The molecule has 0 saturated heterocycles. The minimum absolute atomic E-state index is 0.0121. The van der Waals surface area contributed by atoms with Gasteiger partial charge >= 0.3 is 17.8 Å². The van der Waals surface area contributed by atoms with Gasteiger partial charge in [-0.2, -0.15) is 15.0 Å². The Morgan fingerprint density at radius 3 is 2.25 bits per heavy atom. The third-order valence-corrected chi connectivity index (χ3v) is 6.26. The highest BCUT2D eigenvalue weighted by atomic mass is 35.5. The van der Waals surface area contributed by atoms with Crippen molar-refractivity contribution in [3.63, 3.8) is 0 Å². The summed E-state index contributed by atoms with van der Waals surface area (Å²) in [6.45, 7) is 6.11. The first-order valence-corrected chi connectivity index (χ1v) is 12.9. The van der Waals surface area contributed by atoms with Gasteiger partial charge in [-0.05, 0) is 67.3 Å². The van der Waals surface area contributed by atoms with Gasteiger partial charge in [0.25, 0.3) is 5.91 Å². The molecule has 1 fully saturated rings. The van der Waals surface area contributed by atoms with Gasteiger partial charge < -0.3 is 31.7 Å². The van der Waals surface area contributed by atoms with E-state index in [1.54, 1.807) is 24.3 Å². The lowest BCUT2D eigenvalue weighted by Gasteiger charge is -2.19. The van der Waals surface area contributed by atoms with E-state index >= 15 is 0 Å². The van der Waals surface area contributed by atoms with Crippen LogP contribution in [0.2, 0.25) is 5.02 Å². The predicted octanol–water partition coefficient (Wildman–Crippen LogP) is 2.66. The van der Waals surface area contributed by atoms with Gasteiger partial charge in [0, 0.05) is 29.4 Å². The van der Waals surface area contributed by atoms with Gasteiger partial charge in [-0.15, -0.1) is 0 Å². The summed E-state index contributed by atoms with van der Waals surface area (Å²) in [5, 5.41) is 12.2. The third kappa shape index (κ3) is 7.44. The number of ether oxygens (including phenoxy) is 1. The highest BCUT2D eigenvalue weighted by molar-refractivity contribution is 6.34. The van der Waals surface area contributed by atoms with Gasteiger partial charge in [-0.1, -0.05) is 30.3 Å². The maximum atomic E-state index is 12.5. The van der Waals surface area contributed by atoms with E-state index in [4.69, 9.17) is 22.1 Å². The predicted molar refractivity (Wildman–Crippen MR) is 150 cm³/mol. The minimum Gasteiger partial charge on any atom is -0.464 e. The molecule has 0 bridgehead atoms. The van der Waals surface area contributed by atoms with Crippen molar-refractivity contribution in [2.24, 2.45) is 5.73 Å². The Morgan fingerprint density at radius 1 is 0.975 bits per heavy atom. The molecule has 12 nitrogen and oxygen atoms in total. The fourth-order valence-corrected chi connectivity index (χ4v) is 3.88. The summed E-state index contributed by atoms with van der Waals surface area (Å²) in [6, 6.07) is 14.6. The summed E-state index contributed by atoms with van der Waals surface area (Å²) in [5.41, 5.74) is 7.25. The smallest absolute Gasteiger partial charge is 0.323 e. The van der Waals surface area contributed by atoms with Gasteiger partial charge in [0.2, 0.25) is 11.9 Å². The zero-order chi connectivity index (χ0) is 28.7. The lowest BCUT2D eigenvalue weighted by atomic mass is 10.1. The molecule has 1 aliphatic rings. The van der Waals surface area contributed by atoms with Gasteiger partial charge in [0.15, 0.2) is 0 Å². The van der Waals surface area contributed by atoms with Crippen molar-refractivity contribution in [3.8, 4) is 6.01 Å². The van der Waals surface area contributed by atoms with Crippen LogP contribution in [0.3, 0.4) is 0 Å². The van der Waals surface area contributed by atoms with Crippen molar-refractivity contribution in [3.05, 3.63) is 76.8 Å². The SMILES string of the molecule is C=C(CNC(=O)C(N)=O)CNC(=O)c1ccc(Nc2nc(NC3(c4ccc(Cl)cc4)CC3)nc(OCC)n2)cc1. The van der Waals surface area contributed by atoms with Crippen LogP contribution in [0.1, 0.15) is 35.7 Å². The Labute approximate surface area is 235 Å². The Hall–Kier alpha value is -4.71. The number of amides is 3. The third-order valence-electron chi connectivity index (χ3n) is 6.01. The zero-order valence-corrected chi connectivity index (χ0v) is 22.5. The second kappa shape index (κ2) is 12.4. The van der Waals surface area contributed by atoms with Crippen LogP contribution in [0.25, 0.3) is 0 Å². The molecule has 0 atom stereocenters. The van der Waals surface area contributed by atoms with Crippen molar-refractivity contribution in [2.75, 3.05) is 30.3 Å². The number of primary amides is 1. The van der Waals surface area contributed by atoms with Crippen LogP contribution in [0, 0.1) is 0 Å². The van der Waals surface area contributed by atoms with Crippen molar-refractivity contribution in [2.45, 2.75) is 25.3 Å². The number of halogens is 1. The summed E-state index contributed by atoms with van der Waals surface area (Å²) in [6.07, 6.45) is 1.85. The number of carbonyl (C=O) groups is 3. The molecule has 0 spiro atoms. The summed E-state index contributed by atoms with van der Waals surface area (Å²) in [4.78, 5) is 47.8. The number of hydrogen-bond acceptors (Lipinski definition) is 9. The molecule has 1 aromatic heterocycles. The van der Waals surface area contributed by atoms with Crippen molar-refractivity contribution >= 4 is 46.9 Å². The number of nitrogens with one attached hydrogen (secondary N) is 4. The fraction of sp³-hybridized carbons (Fsp3) is 0.259. The standard InChI is InChI=1S/C27H29ClN8O4/c1-3-40-26-34-24(33-25(35-26)36-27(12-13-27)18-6-8-19(28)9-7-18)32-20-10-4-17(5-11-20)22(38)30-14-16(2)15-31-23(39)21(29)37/h4-11H,2-3,12-15H2,1H3,(H2,29,37)(H,30,38)(H,31,39)(H2,32,33,34,35,36). The second-order valence-electron chi connectivity index (χ2n) is 9.09. The second-order valence-corrected chi connectivity index (χ2v) is 9.53. The number of benzene rings is 2. The highest BCUT2D eigenvalue weighted by Gasteiger charge is 2.45. The molecular weight excluding hydrogens is 536 g/mol. The summed E-state index contributed by atoms with van der Waals surface area (Å²) < 4.78 is 5.55.